The van der Waals surface area contributed by atoms with Gasteiger partial charge in [-0.2, -0.15) is 0 Å². The molecule has 1 aliphatic rings. The monoisotopic (exact) mass is 216 g/mol. The van der Waals surface area contributed by atoms with Crippen LogP contribution in [0.25, 0.3) is 0 Å². The van der Waals surface area contributed by atoms with E-state index in [0.717, 1.165) is 11.8 Å². The molecule has 1 aromatic rings. The van der Waals surface area contributed by atoms with E-state index in [-0.39, 0.29) is 0 Å². The smallest absolute Gasteiger partial charge is 0.0162 e. The summed E-state index contributed by atoms with van der Waals surface area (Å²) in [6.45, 7) is 2.30. The van der Waals surface area contributed by atoms with Crippen LogP contribution in [0.5, 0.6) is 0 Å². The molecule has 1 aliphatic carbocycles. The lowest BCUT2D eigenvalue weighted by atomic mass is 9.77. The third kappa shape index (κ3) is 3.10. The van der Waals surface area contributed by atoms with Gasteiger partial charge in [-0.25, -0.2) is 0 Å². The van der Waals surface area contributed by atoms with Gasteiger partial charge in [-0.3, -0.25) is 0 Å². The van der Waals surface area contributed by atoms with Gasteiger partial charge in [0, 0.05) is 0 Å². The molecule has 0 aliphatic heterocycles. The molecule has 0 aromatic heterocycles. The van der Waals surface area contributed by atoms with E-state index >= 15 is 0 Å². The molecule has 0 unspecified atom stereocenters. The van der Waals surface area contributed by atoms with Gasteiger partial charge in [0.2, 0.25) is 0 Å². The number of benzene rings is 1. The van der Waals surface area contributed by atoms with Crippen molar-refractivity contribution in [3.05, 3.63) is 35.9 Å². The van der Waals surface area contributed by atoms with Crippen LogP contribution < -0.4 is 0 Å². The third-order valence-electron chi connectivity index (χ3n) is 4.08. The first-order valence-electron chi connectivity index (χ1n) is 6.95. The van der Waals surface area contributed by atoms with E-state index in [4.69, 9.17) is 0 Å². The van der Waals surface area contributed by atoms with Gasteiger partial charge in [0.05, 0.1) is 0 Å². The minimum absolute atomic E-state index is 0.846. The van der Waals surface area contributed by atoms with E-state index in [2.05, 4.69) is 37.3 Å². The Morgan fingerprint density at radius 3 is 2.31 bits per heavy atom. The standard InChI is InChI=1S/C16H24/c1-2-3-7-14-10-12-16(13-11-14)15-8-5-4-6-9-15/h4-6,8-9,14,16H,2-3,7,10-13H2,1H3. The van der Waals surface area contributed by atoms with E-state index in [0.29, 0.717) is 0 Å². The Labute approximate surface area is 100 Å². The van der Waals surface area contributed by atoms with Crippen molar-refractivity contribution < 1.29 is 0 Å². The van der Waals surface area contributed by atoms with Crippen molar-refractivity contribution in [3.8, 4) is 0 Å². The molecule has 0 heterocycles. The molecule has 0 saturated heterocycles. The van der Waals surface area contributed by atoms with Crippen molar-refractivity contribution >= 4 is 0 Å². The van der Waals surface area contributed by atoms with Gasteiger partial charge in [-0.1, -0.05) is 56.5 Å². The van der Waals surface area contributed by atoms with Crippen molar-refractivity contribution in [1.29, 1.82) is 0 Å². The highest BCUT2D eigenvalue weighted by molar-refractivity contribution is 5.19. The van der Waals surface area contributed by atoms with Gasteiger partial charge in [-0.15, -0.1) is 0 Å². The predicted octanol–water partition coefficient (Wildman–Crippen LogP) is 5.15. The maximum absolute atomic E-state index is 2.30. The van der Waals surface area contributed by atoms with E-state index in [1.807, 2.05) is 0 Å². The van der Waals surface area contributed by atoms with Crippen LogP contribution in [0.2, 0.25) is 0 Å². The Hall–Kier alpha value is -0.780. The third-order valence-corrected chi connectivity index (χ3v) is 4.08. The Kier molecular flexibility index (Phi) is 4.44. The highest BCUT2D eigenvalue weighted by Gasteiger charge is 2.21. The Morgan fingerprint density at radius 1 is 1.00 bits per heavy atom. The quantitative estimate of drug-likeness (QED) is 0.653. The predicted molar refractivity (Wildman–Crippen MR) is 70.7 cm³/mol. The second-order valence-electron chi connectivity index (χ2n) is 5.27. The number of hydrogen-bond acceptors (Lipinski definition) is 0. The average molecular weight is 216 g/mol. The molecule has 0 heteroatoms. The average Bonchev–Trinajstić information content (AvgIpc) is 2.38. The summed E-state index contributed by atoms with van der Waals surface area (Å²) < 4.78 is 0. The number of hydrogen-bond donors (Lipinski definition) is 0. The maximum atomic E-state index is 2.30. The van der Waals surface area contributed by atoms with Crippen LogP contribution in [0, 0.1) is 5.92 Å². The molecular formula is C16H24. The van der Waals surface area contributed by atoms with E-state index in [1.165, 1.54) is 44.9 Å². The molecule has 0 N–H and O–H groups in total. The first-order valence-corrected chi connectivity index (χ1v) is 6.95. The lowest BCUT2D eigenvalue weighted by Gasteiger charge is -2.28. The fraction of sp³-hybridized carbons (Fsp3) is 0.625. The van der Waals surface area contributed by atoms with E-state index in [1.54, 1.807) is 5.56 Å². The fourth-order valence-electron chi connectivity index (χ4n) is 3.00. The van der Waals surface area contributed by atoms with E-state index < -0.39 is 0 Å². The van der Waals surface area contributed by atoms with Crippen LogP contribution in [-0.2, 0) is 0 Å². The van der Waals surface area contributed by atoms with Gasteiger partial charge in [0.15, 0.2) is 0 Å². The van der Waals surface area contributed by atoms with Crippen molar-refractivity contribution in [3.63, 3.8) is 0 Å². The van der Waals surface area contributed by atoms with E-state index in [9.17, 15) is 0 Å². The summed E-state index contributed by atoms with van der Waals surface area (Å²) >= 11 is 0. The van der Waals surface area contributed by atoms with Crippen LogP contribution in [-0.4, -0.2) is 0 Å². The zero-order valence-electron chi connectivity index (χ0n) is 10.5. The zero-order valence-corrected chi connectivity index (χ0v) is 10.5. The highest BCUT2D eigenvalue weighted by atomic mass is 14.3. The molecule has 0 nitrogen and oxygen atoms in total. The molecule has 0 spiro atoms. The van der Waals surface area contributed by atoms with Crippen LogP contribution in [0.4, 0.5) is 0 Å². The van der Waals surface area contributed by atoms with Gasteiger partial charge >= 0.3 is 0 Å². The van der Waals surface area contributed by atoms with Gasteiger partial charge in [-0.05, 0) is 43.1 Å². The molecule has 0 atom stereocenters. The Balaban J connectivity index is 1.81. The van der Waals surface area contributed by atoms with Gasteiger partial charge < -0.3 is 0 Å². The molecule has 0 bridgehead atoms. The first-order chi connectivity index (χ1) is 7.90. The second kappa shape index (κ2) is 6.08. The maximum Gasteiger partial charge on any atom is -0.0162 e. The lowest BCUT2D eigenvalue weighted by molar-refractivity contribution is 0.304. The Morgan fingerprint density at radius 2 is 1.69 bits per heavy atom. The molecular weight excluding hydrogens is 192 g/mol. The molecule has 1 fully saturated rings. The topological polar surface area (TPSA) is 0 Å². The summed E-state index contributed by atoms with van der Waals surface area (Å²) in [5.74, 6) is 1.87. The summed E-state index contributed by atoms with van der Waals surface area (Å²) in [6.07, 6.45) is 10.0. The second-order valence-corrected chi connectivity index (χ2v) is 5.27. The summed E-state index contributed by atoms with van der Waals surface area (Å²) in [7, 11) is 0. The van der Waals surface area contributed by atoms with Crippen molar-refractivity contribution in [2.45, 2.75) is 57.8 Å². The summed E-state index contributed by atoms with van der Waals surface area (Å²) in [6, 6.07) is 11.1. The van der Waals surface area contributed by atoms with Crippen LogP contribution in [0.1, 0.15) is 63.4 Å². The number of unbranched alkanes of at least 4 members (excludes halogenated alkanes) is 1. The summed E-state index contributed by atoms with van der Waals surface area (Å²) in [5, 5.41) is 0. The zero-order chi connectivity index (χ0) is 11.2. The molecule has 88 valence electrons. The van der Waals surface area contributed by atoms with Gasteiger partial charge in [0.1, 0.15) is 0 Å². The van der Waals surface area contributed by atoms with Crippen molar-refractivity contribution in [2.24, 2.45) is 5.92 Å². The first kappa shape index (κ1) is 11.7. The summed E-state index contributed by atoms with van der Waals surface area (Å²) in [4.78, 5) is 0. The van der Waals surface area contributed by atoms with Gasteiger partial charge in [0.25, 0.3) is 0 Å². The normalized spacial score (nSPS) is 25.6. The SMILES string of the molecule is CCCCC1CCC(c2ccccc2)CC1. The minimum atomic E-state index is 0.846. The van der Waals surface area contributed by atoms with Crippen LogP contribution in [0.3, 0.4) is 0 Å². The molecule has 0 radical (unpaired) electrons. The summed E-state index contributed by atoms with van der Waals surface area (Å²) in [5.41, 5.74) is 1.57. The Bertz CT molecular complexity index is 280. The van der Waals surface area contributed by atoms with Crippen molar-refractivity contribution in [1.82, 2.24) is 0 Å². The van der Waals surface area contributed by atoms with Crippen molar-refractivity contribution in [2.75, 3.05) is 0 Å². The lowest BCUT2D eigenvalue weighted by Crippen LogP contribution is -2.13. The molecule has 16 heavy (non-hydrogen) atoms. The number of rotatable bonds is 4. The molecule has 0 amide bonds. The molecule has 2 rings (SSSR count). The molecule has 1 saturated carbocycles. The molecule has 1 aromatic carbocycles. The van der Waals surface area contributed by atoms with Crippen LogP contribution >= 0.6 is 0 Å². The fourth-order valence-corrected chi connectivity index (χ4v) is 3.00. The largest absolute Gasteiger partial charge is 0.0654 e. The highest BCUT2D eigenvalue weighted by Crippen LogP contribution is 2.37. The van der Waals surface area contributed by atoms with Crippen LogP contribution in [0.15, 0.2) is 30.3 Å². The minimum Gasteiger partial charge on any atom is -0.0654 e.